The highest BCUT2D eigenvalue weighted by Crippen LogP contribution is 2.59. The summed E-state index contributed by atoms with van der Waals surface area (Å²) in [5, 5.41) is 8.71. The second kappa shape index (κ2) is 2.35. The number of hydrogen-bond donors (Lipinski definition) is 1. The van der Waals surface area contributed by atoms with Gasteiger partial charge in [0.15, 0.2) is 0 Å². The maximum absolute atomic E-state index is 10.6. The molecule has 3 unspecified atom stereocenters. The molecule has 0 heterocycles. The Bertz CT molecular complexity index is 253. The van der Waals surface area contributed by atoms with Crippen molar-refractivity contribution in [2.24, 2.45) is 23.7 Å². The number of aliphatic carboxylic acids is 1. The van der Waals surface area contributed by atoms with Crippen LogP contribution in [-0.4, -0.2) is 11.1 Å². The molecule has 0 aliphatic heterocycles. The monoisotopic (exact) mass is 166 g/mol. The number of carbonyl (C=O) groups is 1. The van der Waals surface area contributed by atoms with Crippen molar-refractivity contribution in [1.29, 1.82) is 0 Å². The summed E-state index contributed by atoms with van der Waals surface area (Å²) in [6.07, 6.45) is 2.78. The Labute approximate surface area is 72.3 Å². The van der Waals surface area contributed by atoms with Gasteiger partial charge in [0, 0.05) is 5.57 Å². The third-order valence-corrected chi connectivity index (χ3v) is 3.19. The van der Waals surface area contributed by atoms with Gasteiger partial charge in [-0.2, -0.15) is 0 Å². The predicted molar refractivity (Wildman–Crippen MR) is 45.6 cm³/mol. The second-order valence-corrected chi connectivity index (χ2v) is 4.26. The van der Waals surface area contributed by atoms with E-state index in [1.807, 2.05) is 6.08 Å². The molecule has 0 radical (unpaired) electrons. The van der Waals surface area contributed by atoms with Gasteiger partial charge in [0.1, 0.15) is 0 Å². The summed E-state index contributed by atoms with van der Waals surface area (Å²) in [5.41, 5.74) is 0.641. The third kappa shape index (κ3) is 0.977. The summed E-state index contributed by atoms with van der Waals surface area (Å²) >= 11 is 0. The van der Waals surface area contributed by atoms with E-state index in [-0.39, 0.29) is 0 Å². The molecule has 2 rings (SSSR count). The van der Waals surface area contributed by atoms with Crippen molar-refractivity contribution < 1.29 is 9.90 Å². The minimum atomic E-state index is -0.718. The van der Waals surface area contributed by atoms with Crippen LogP contribution in [0.2, 0.25) is 0 Å². The van der Waals surface area contributed by atoms with E-state index >= 15 is 0 Å². The molecule has 1 fully saturated rings. The lowest BCUT2D eigenvalue weighted by Gasteiger charge is -2.05. The van der Waals surface area contributed by atoms with E-state index in [9.17, 15) is 4.79 Å². The van der Waals surface area contributed by atoms with Gasteiger partial charge in [0.2, 0.25) is 0 Å². The fourth-order valence-electron chi connectivity index (χ4n) is 2.59. The first-order chi connectivity index (χ1) is 5.61. The molecule has 0 spiro atoms. The molecular formula is C10H14O2. The molecule has 1 N–H and O–H groups in total. The smallest absolute Gasteiger partial charge is 0.331 e. The van der Waals surface area contributed by atoms with Gasteiger partial charge >= 0.3 is 5.97 Å². The lowest BCUT2D eigenvalue weighted by molar-refractivity contribution is -0.132. The van der Waals surface area contributed by atoms with Crippen LogP contribution >= 0.6 is 0 Å². The van der Waals surface area contributed by atoms with Crippen molar-refractivity contribution >= 4 is 5.97 Å². The first-order valence-electron chi connectivity index (χ1n) is 4.55. The highest BCUT2D eigenvalue weighted by molar-refractivity contribution is 5.87. The predicted octanol–water partition coefficient (Wildman–Crippen LogP) is 1.92. The molecule has 0 aromatic rings. The number of carboxylic acids is 1. The molecule has 2 aliphatic carbocycles. The van der Waals surface area contributed by atoms with Gasteiger partial charge in [-0.1, -0.05) is 19.9 Å². The van der Waals surface area contributed by atoms with Gasteiger partial charge in [-0.3, -0.25) is 0 Å². The van der Waals surface area contributed by atoms with E-state index in [2.05, 4.69) is 13.8 Å². The summed E-state index contributed by atoms with van der Waals surface area (Å²) in [7, 11) is 0. The lowest BCUT2D eigenvalue weighted by Crippen LogP contribution is -2.03. The van der Waals surface area contributed by atoms with Crippen LogP contribution in [0.3, 0.4) is 0 Å². The van der Waals surface area contributed by atoms with Crippen molar-refractivity contribution in [3.8, 4) is 0 Å². The minimum Gasteiger partial charge on any atom is -0.478 e. The Balaban J connectivity index is 2.03. The molecule has 0 amide bonds. The van der Waals surface area contributed by atoms with E-state index in [4.69, 9.17) is 5.11 Å². The molecule has 66 valence electrons. The van der Waals surface area contributed by atoms with Crippen LogP contribution in [-0.2, 0) is 4.79 Å². The fourth-order valence-corrected chi connectivity index (χ4v) is 2.59. The van der Waals surface area contributed by atoms with Crippen LogP contribution in [0.5, 0.6) is 0 Å². The zero-order chi connectivity index (χ0) is 8.88. The number of allylic oxidation sites excluding steroid dienone is 1. The van der Waals surface area contributed by atoms with Crippen LogP contribution in [0.1, 0.15) is 20.3 Å². The Morgan fingerprint density at radius 2 is 2.33 bits per heavy atom. The van der Waals surface area contributed by atoms with Crippen molar-refractivity contribution in [1.82, 2.24) is 0 Å². The van der Waals surface area contributed by atoms with Crippen molar-refractivity contribution in [2.45, 2.75) is 20.3 Å². The Kier molecular flexibility index (Phi) is 1.53. The molecule has 3 atom stereocenters. The summed E-state index contributed by atoms with van der Waals surface area (Å²) in [6.45, 7) is 4.44. The van der Waals surface area contributed by atoms with Crippen molar-refractivity contribution in [2.75, 3.05) is 0 Å². The zero-order valence-electron chi connectivity index (χ0n) is 7.45. The molecule has 0 bridgehead atoms. The van der Waals surface area contributed by atoms with E-state index in [1.54, 1.807) is 0 Å². The molecule has 2 heteroatoms. The van der Waals surface area contributed by atoms with Gasteiger partial charge in [-0.25, -0.2) is 4.79 Å². The van der Waals surface area contributed by atoms with E-state index in [0.717, 1.165) is 12.3 Å². The van der Waals surface area contributed by atoms with Crippen LogP contribution in [0.4, 0.5) is 0 Å². The highest BCUT2D eigenvalue weighted by Gasteiger charge is 2.54. The van der Waals surface area contributed by atoms with Crippen LogP contribution in [0.25, 0.3) is 0 Å². The molecule has 12 heavy (non-hydrogen) atoms. The molecule has 2 aliphatic rings. The standard InChI is InChI=1S/C10H14O2/c1-5(2)9-7-3-6(10(11)12)4-8(7)9/h3,5,7-9H,4H2,1-2H3,(H,11,12). The SMILES string of the molecule is CC(C)C1C2C=C(C(=O)O)CC21. The van der Waals surface area contributed by atoms with Crippen LogP contribution < -0.4 is 0 Å². The Hall–Kier alpha value is -0.790. The molecule has 1 saturated carbocycles. The van der Waals surface area contributed by atoms with Gasteiger partial charge in [-0.15, -0.1) is 0 Å². The lowest BCUT2D eigenvalue weighted by atomic mass is 10.0. The second-order valence-electron chi connectivity index (χ2n) is 4.26. The minimum absolute atomic E-state index is 0.594. The Morgan fingerprint density at radius 1 is 1.67 bits per heavy atom. The van der Waals surface area contributed by atoms with Gasteiger partial charge < -0.3 is 5.11 Å². The average Bonchev–Trinajstić information content (AvgIpc) is 2.48. The molecule has 0 aromatic heterocycles. The largest absolute Gasteiger partial charge is 0.478 e. The summed E-state index contributed by atoms with van der Waals surface area (Å²) in [5.74, 6) is 2.02. The normalized spacial score (nSPS) is 37.9. The first kappa shape index (κ1) is 7.84. The maximum Gasteiger partial charge on any atom is 0.331 e. The topological polar surface area (TPSA) is 37.3 Å². The summed E-state index contributed by atoms with van der Waals surface area (Å²) in [6, 6.07) is 0. The maximum atomic E-state index is 10.6. The molecule has 0 saturated heterocycles. The number of carboxylic acid groups (broad SMARTS) is 1. The van der Waals surface area contributed by atoms with E-state index in [0.29, 0.717) is 23.3 Å². The van der Waals surface area contributed by atoms with Gasteiger partial charge in [0.05, 0.1) is 0 Å². The summed E-state index contributed by atoms with van der Waals surface area (Å²) in [4.78, 5) is 10.6. The van der Waals surface area contributed by atoms with E-state index < -0.39 is 5.97 Å². The fraction of sp³-hybridized carbons (Fsp3) is 0.700. The average molecular weight is 166 g/mol. The van der Waals surface area contributed by atoms with Gasteiger partial charge in [0.25, 0.3) is 0 Å². The first-order valence-corrected chi connectivity index (χ1v) is 4.55. The third-order valence-electron chi connectivity index (χ3n) is 3.19. The van der Waals surface area contributed by atoms with Crippen molar-refractivity contribution in [3.05, 3.63) is 11.6 Å². The zero-order valence-corrected chi connectivity index (χ0v) is 7.45. The van der Waals surface area contributed by atoms with Crippen LogP contribution in [0, 0.1) is 23.7 Å². The highest BCUT2D eigenvalue weighted by atomic mass is 16.4. The number of fused-ring (bicyclic) bond motifs is 1. The summed E-state index contributed by atoms with van der Waals surface area (Å²) < 4.78 is 0. The Morgan fingerprint density at radius 3 is 2.67 bits per heavy atom. The molecule has 0 aromatic carbocycles. The molecule has 2 nitrogen and oxygen atoms in total. The quantitative estimate of drug-likeness (QED) is 0.680. The van der Waals surface area contributed by atoms with E-state index in [1.165, 1.54) is 0 Å². The molecular weight excluding hydrogens is 152 g/mol. The van der Waals surface area contributed by atoms with Gasteiger partial charge in [-0.05, 0) is 30.1 Å². The van der Waals surface area contributed by atoms with Crippen molar-refractivity contribution in [3.63, 3.8) is 0 Å². The van der Waals surface area contributed by atoms with Crippen LogP contribution in [0.15, 0.2) is 11.6 Å². The number of rotatable bonds is 2. The number of hydrogen-bond acceptors (Lipinski definition) is 1.